The second-order valence-electron chi connectivity index (χ2n) is 32.8. The number of amides is 15. The zero-order valence-corrected chi connectivity index (χ0v) is 72.9. The van der Waals surface area contributed by atoms with Crippen molar-refractivity contribution >= 4 is 125 Å². The summed E-state index contributed by atoms with van der Waals surface area (Å²) in [6.07, 6.45) is -3.64. The number of hydrogen-bond donors (Lipinski definition) is 22. The molecule has 0 unspecified atom stereocenters. The number of carbonyl (C=O) groups excluding carboxylic acids is 15. The van der Waals surface area contributed by atoms with Crippen LogP contribution in [0.5, 0.6) is 0 Å². The maximum absolute atomic E-state index is 14.8. The number of nitrogens with one attached hydrogen (secondary N) is 13. The molecule has 3 heterocycles. The number of aromatic amines is 1. The molecule has 3 aromatic rings. The van der Waals surface area contributed by atoms with Gasteiger partial charge in [-0.05, 0) is 139 Å². The quantitative estimate of drug-likeness (QED) is 0.0193. The molecule has 25 N–H and O–H groups in total. The summed E-state index contributed by atoms with van der Waals surface area (Å²) < 4.78 is 17.3. The predicted molar refractivity (Wildman–Crippen MR) is 450 cm³/mol. The molecule has 2 aliphatic rings. The number of para-hydroxylation sites is 1. The Morgan fingerprint density at radius 2 is 0.944 bits per heavy atom. The molecule has 0 saturated carbocycles. The fraction of sp³-hybridized carbons (Fsp3) is 0.605. The molecule has 2 aliphatic heterocycles. The number of aliphatic hydroxyl groups excluding tert-OH is 1. The molecule has 126 heavy (non-hydrogen) atoms. The van der Waals surface area contributed by atoms with Crippen LogP contribution in [0.1, 0.15) is 170 Å². The Morgan fingerprint density at radius 1 is 0.492 bits per heavy atom. The van der Waals surface area contributed by atoms with Gasteiger partial charge in [0.15, 0.2) is 0 Å². The van der Waals surface area contributed by atoms with E-state index in [9.17, 15) is 121 Å². The van der Waals surface area contributed by atoms with Gasteiger partial charge in [-0.2, -0.15) is 0 Å². The van der Waals surface area contributed by atoms with E-state index in [-0.39, 0.29) is 70.0 Å². The number of likely N-dealkylation sites (tertiary alicyclic amines) is 2. The van der Waals surface area contributed by atoms with Crippen LogP contribution in [-0.4, -0.2) is 274 Å². The van der Waals surface area contributed by atoms with Gasteiger partial charge >= 0.3 is 25.7 Å². The molecule has 44 nitrogen and oxygen atoms in total. The van der Waals surface area contributed by atoms with Gasteiger partial charge in [-0.25, -0.2) is 9.36 Å². The number of benzene rings is 2. The lowest BCUT2D eigenvalue weighted by molar-refractivity contribution is -0.147. The van der Waals surface area contributed by atoms with Crippen LogP contribution in [-0.2, 0) is 108 Å². The molecule has 15 amide bonds. The number of rotatable bonds is 53. The van der Waals surface area contributed by atoms with Crippen LogP contribution in [0.4, 0.5) is 0 Å². The number of primary amides is 1. The standard InChI is InChI=1S/C81H123N18O26P/c1-41(2)33-54(72(111)92-57(37-48-39-85-50-22-14-13-21-49(48)50)74(113)87-51(23-15-16-30-82)68(107)95-59(81(120)121)35-43(5)6)91-75(114)58(38-65(104)105)90-67(106)45(8)86-71(110)56(36-47-19-11-10-12-20-47)94-78(117)66(46(9)125-126(122,123)124)97-70(109)53(27-29-64(102)103)88-69(108)52(26-28-63(84)101)89-76(115)60(40-100)96-73(112)55(34-42(3)4)93-77(116)61-24-17-31-98(61)80(119)62-25-18-32-99(62)79(118)44(7)83/h10-14,19-22,39,41-46,51-62,66,85,100H,15-18,23-38,40,82-83H2,1-9H3,(H2,84,101)(H,86,110)(H,87,113)(H,88,108)(H,89,115)(H,90,106)(H,91,114)(H,92,111)(H,93,116)(H,94,117)(H,95,107)(H,96,112)(H,97,109)(H,102,103)(H,104,105)(H,120,121)(H2,122,123,124)/t44-,45-,46+,51-,52-,53-,54-,55-,56-,57-,58-,59-,60-,61-,62-,66-/m0/s1. The number of nitrogens with zero attached hydrogens (tertiary/aromatic N) is 2. The van der Waals surface area contributed by atoms with Gasteiger partial charge in [-0.15, -0.1) is 0 Å². The number of fused-ring (bicyclic) bond motifs is 1. The average Bonchev–Trinajstić information content (AvgIpc) is 1.65. The summed E-state index contributed by atoms with van der Waals surface area (Å²) in [6.45, 7) is 13.1. The van der Waals surface area contributed by atoms with Crippen molar-refractivity contribution < 1.29 is 126 Å². The lowest BCUT2D eigenvalue weighted by Gasteiger charge is -2.32. The molecule has 0 spiro atoms. The van der Waals surface area contributed by atoms with E-state index in [1.165, 1.54) is 41.0 Å². The third kappa shape index (κ3) is 34.1. The largest absolute Gasteiger partial charge is 0.481 e. The van der Waals surface area contributed by atoms with Gasteiger partial charge < -0.3 is 126 Å². The van der Waals surface area contributed by atoms with Crippen LogP contribution in [0.25, 0.3) is 10.9 Å². The van der Waals surface area contributed by atoms with E-state index >= 15 is 0 Å². The van der Waals surface area contributed by atoms with Gasteiger partial charge in [0, 0.05) is 55.9 Å². The molecule has 698 valence electrons. The first-order valence-corrected chi connectivity index (χ1v) is 43.3. The second kappa shape index (κ2) is 50.5. The number of phosphoric acid groups is 1. The Bertz CT molecular complexity index is 4370. The van der Waals surface area contributed by atoms with Gasteiger partial charge in [0.2, 0.25) is 88.6 Å². The number of hydrogen-bond acceptors (Lipinski definition) is 23. The summed E-state index contributed by atoms with van der Waals surface area (Å²) >= 11 is 0. The summed E-state index contributed by atoms with van der Waals surface area (Å²) in [5.74, 6) is -21.3. The Kier molecular flexibility index (Phi) is 42.1. The minimum Gasteiger partial charge on any atom is -0.481 e. The zero-order chi connectivity index (χ0) is 94.1. The van der Waals surface area contributed by atoms with Crippen LogP contribution < -0.4 is 81.0 Å². The highest BCUT2D eigenvalue weighted by molar-refractivity contribution is 7.46. The van der Waals surface area contributed by atoms with Crippen LogP contribution in [0.2, 0.25) is 0 Å². The third-order valence-corrected chi connectivity index (χ3v) is 21.4. The molecule has 2 fully saturated rings. The van der Waals surface area contributed by atoms with E-state index in [2.05, 4.69) is 68.8 Å². The number of carboxylic acids is 3. The fourth-order valence-corrected chi connectivity index (χ4v) is 15.0. The highest BCUT2D eigenvalue weighted by atomic mass is 31.2. The van der Waals surface area contributed by atoms with Crippen molar-refractivity contribution in [1.82, 2.24) is 78.6 Å². The highest BCUT2D eigenvalue weighted by Crippen LogP contribution is 2.38. The van der Waals surface area contributed by atoms with Crippen molar-refractivity contribution in [2.24, 2.45) is 35.0 Å². The molecule has 2 saturated heterocycles. The summed E-state index contributed by atoms with van der Waals surface area (Å²) in [5, 5.41) is 70.0. The van der Waals surface area contributed by atoms with Gasteiger partial charge in [0.25, 0.3) is 0 Å². The van der Waals surface area contributed by atoms with Crippen LogP contribution >= 0.6 is 7.82 Å². The summed E-state index contributed by atoms with van der Waals surface area (Å²) in [5.41, 5.74) is 18.5. The topological polar surface area (TPSA) is 700 Å². The molecular weight excluding hydrogens is 1670 g/mol. The number of aliphatic hydroxyl groups is 1. The number of carbonyl (C=O) groups is 18. The van der Waals surface area contributed by atoms with Crippen LogP contribution in [0.15, 0.2) is 60.8 Å². The van der Waals surface area contributed by atoms with Crippen LogP contribution in [0, 0.1) is 17.8 Å². The first kappa shape index (κ1) is 105. The van der Waals surface area contributed by atoms with Crippen molar-refractivity contribution in [1.29, 1.82) is 0 Å². The Morgan fingerprint density at radius 3 is 1.49 bits per heavy atom. The molecule has 0 bridgehead atoms. The number of nitrogens with two attached hydrogens (primary N) is 3. The SMILES string of the molecule is CC(C)C[C@H](NC(=O)[C@H](CCCCN)NC(=O)[C@H](Cc1c[nH]c2ccccc12)NC(=O)[C@H](CC(C)C)NC(=O)[C@H](CC(=O)O)NC(=O)[C@H](C)NC(=O)[C@H](Cc1ccccc1)NC(=O)[C@@H](NC(=O)[C@H](CCC(=O)O)NC(=O)[C@H](CCC(N)=O)NC(=O)[C@H](CO)NC(=O)[C@H](CC(C)C)NC(=O)[C@@H]1CCCN1C(=O)[C@@H]1CCCN1C(=O)[C@H](C)N)[C@@H](C)OP(=O)(O)O)C(=O)O. The van der Waals surface area contributed by atoms with Gasteiger partial charge in [0.05, 0.1) is 25.2 Å². The average molecular weight is 1800 g/mol. The zero-order valence-electron chi connectivity index (χ0n) is 72.0. The molecule has 0 aliphatic carbocycles. The molecule has 0 radical (unpaired) electrons. The van der Waals surface area contributed by atoms with Gasteiger partial charge in [0.1, 0.15) is 84.6 Å². The number of aliphatic carboxylic acids is 3. The maximum atomic E-state index is 14.8. The minimum atomic E-state index is -5.66. The Hall–Kier alpha value is -11.6. The minimum absolute atomic E-state index is 0.00500. The first-order chi connectivity index (χ1) is 59.2. The number of unbranched alkanes of at least 4 members (excludes halogenated alkanes) is 1. The van der Waals surface area contributed by atoms with E-state index in [0.717, 1.165) is 13.8 Å². The van der Waals surface area contributed by atoms with E-state index in [0.29, 0.717) is 54.1 Å². The van der Waals surface area contributed by atoms with Crippen molar-refractivity contribution in [2.75, 3.05) is 26.2 Å². The molecule has 2 aromatic carbocycles. The number of phosphoric ester groups is 1. The van der Waals surface area contributed by atoms with Crippen molar-refractivity contribution in [2.45, 2.75) is 268 Å². The summed E-state index contributed by atoms with van der Waals surface area (Å²) in [7, 11) is -5.66. The fourth-order valence-electron chi connectivity index (χ4n) is 14.4. The molecular formula is C81H123N18O26P. The summed E-state index contributed by atoms with van der Waals surface area (Å²) in [6, 6.07) is -9.53. The van der Waals surface area contributed by atoms with Gasteiger partial charge in [-0.1, -0.05) is 90.1 Å². The predicted octanol–water partition coefficient (Wildman–Crippen LogP) is -3.43. The van der Waals surface area contributed by atoms with Crippen molar-refractivity contribution in [3.05, 3.63) is 71.9 Å². The van der Waals surface area contributed by atoms with Crippen molar-refractivity contribution in [3.8, 4) is 0 Å². The van der Waals surface area contributed by atoms with Gasteiger partial charge in [-0.3, -0.25) is 86.0 Å². The molecule has 1 aromatic heterocycles. The van der Waals surface area contributed by atoms with E-state index in [1.807, 2.05) is 0 Å². The lowest BCUT2D eigenvalue weighted by atomic mass is 9.99. The second-order valence-corrected chi connectivity index (χ2v) is 34.0. The maximum Gasteiger partial charge on any atom is 0.469 e. The molecule has 45 heteroatoms. The Labute approximate surface area is 727 Å². The molecule has 5 rings (SSSR count). The Balaban J connectivity index is 1.38. The van der Waals surface area contributed by atoms with E-state index in [1.54, 1.807) is 78.1 Å². The van der Waals surface area contributed by atoms with Crippen molar-refractivity contribution in [3.63, 3.8) is 0 Å². The first-order valence-electron chi connectivity index (χ1n) is 41.8. The third-order valence-electron chi connectivity index (χ3n) is 20.8. The highest BCUT2D eigenvalue weighted by Gasteiger charge is 2.45. The molecule has 16 atom stereocenters. The normalized spacial score (nSPS) is 17.3. The number of H-pyrrole nitrogens is 1. The number of carboxylic acid groups (broad SMARTS) is 3. The van der Waals surface area contributed by atoms with Crippen LogP contribution in [0.3, 0.4) is 0 Å². The van der Waals surface area contributed by atoms with E-state index < -0.39 is 262 Å². The number of aromatic nitrogens is 1. The monoisotopic (exact) mass is 1790 g/mol. The lowest BCUT2D eigenvalue weighted by Crippen LogP contribution is -2.62. The van der Waals surface area contributed by atoms with E-state index in [4.69, 9.17) is 21.7 Å². The smallest absolute Gasteiger partial charge is 0.469 e. The summed E-state index contributed by atoms with van der Waals surface area (Å²) in [4.78, 5) is 275.